The molecule has 1 aromatic carbocycles. The molecule has 0 spiro atoms. The highest BCUT2D eigenvalue weighted by molar-refractivity contribution is 9.10. The van der Waals surface area contributed by atoms with Crippen molar-refractivity contribution in [2.75, 3.05) is 0 Å². The van der Waals surface area contributed by atoms with Crippen LogP contribution in [0.1, 0.15) is 11.4 Å². The van der Waals surface area contributed by atoms with Gasteiger partial charge >= 0.3 is 0 Å². The minimum atomic E-state index is 0.653. The Balaban J connectivity index is 1.77. The monoisotopic (exact) mass is 371 g/mol. The molecule has 4 aromatic rings. The van der Waals surface area contributed by atoms with Gasteiger partial charge in [-0.1, -0.05) is 17.7 Å². The number of hydrogen-bond acceptors (Lipinski definition) is 2. The van der Waals surface area contributed by atoms with E-state index in [2.05, 4.69) is 42.4 Å². The number of benzene rings is 1. The Morgan fingerprint density at radius 1 is 1.05 bits per heavy atom. The Bertz CT molecular complexity index is 994. The van der Waals surface area contributed by atoms with Crippen LogP contribution in [-0.4, -0.2) is 14.4 Å². The zero-order chi connectivity index (χ0) is 15.1. The van der Waals surface area contributed by atoms with E-state index in [0.29, 0.717) is 5.02 Å². The molecule has 0 unspecified atom stereocenters. The first-order valence-electron chi connectivity index (χ1n) is 6.85. The van der Waals surface area contributed by atoms with E-state index in [0.717, 1.165) is 33.1 Å². The van der Waals surface area contributed by atoms with Gasteiger partial charge in [-0.3, -0.25) is 4.98 Å². The van der Waals surface area contributed by atoms with E-state index in [1.807, 2.05) is 36.7 Å². The van der Waals surface area contributed by atoms with Crippen LogP contribution in [0.2, 0.25) is 5.02 Å². The SMILES string of the molecule is Clc1cnc2ccc(Cc3ncc4ccc(Br)cn34)cc2c1. The average molecular weight is 373 g/mol. The third-order valence-electron chi connectivity index (χ3n) is 3.64. The van der Waals surface area contributed by atoms with Gasteiger partial charge in [0.15, 0.2) is 0 Å². The third kappa shape index (κ3) is 2.49. The number of halogens is 2. The van der Waals surface area contributed by atoms with Gasteiger partial charge in [0, 0.05) is 28.7 Å². The molecule has 3 heterocycles. The Morgan fingerprint density at radius 3 is 2.86 bits per heavy atom. The first-order chi connectivity index (χ1) is 10.7. The van der Waals surface area contributed by atoms with E-state index in [9.17, 15) is 0 Å². The summed E-state index contributed by atoms with van der Waals surface area (Å²) >= 11 is 9.53. The molecule has 22 heavy (non-hydrogen) atoms. The predicted molar refractivity (Wildman–Crippen MR) is 92.5 cm³/mol. The highest BCUT2D eigenvalue weighted by atomic mass is 79.9. The van der Waals surface area contributed by atoms with E-state index in [-0.39, 0.29) is 0 Å². The number of aromatic nitrogens is 3. The summed E-state index contributed by atoms with van der Waals surface area (Å²) in [6.07, 6.45) is 6.36. The summed E-state index contributed by atoms with van der Waals surface area (Å²) in [4.78, 5) is 8.85. The summed E-state index contributed by atoms with van der Waals surface area (Å²) in [5.74, 6) is 1.01. The molecule has 0 aliphatic carbocycles. The molecule has 0 bridgehead atoms. The van der Waals surface area contributed by atoms with Crippen LogP contribution in [0.5, 0.6) is 0 Å². The predicted octanol–water partition coefficient (Wildman–Crippen LogP) is 4.89. The first-order valence-corrected chi connectivity index (χ1v) is 8.02. The number of nitrogens with zero attached hydrogens (tertiary/aromatic N) is 3. The van der Waals surface area contributed by atoms with Gasteiger partial charge in [-0.25, -0.2) is 4.98 Å². The third-order valence-corrected chi connectivity index (χ3v) is 4.32. The van der Waals surface area contributed by atoms with Crippen LogP contribution in [0.3, 0.4) is 0 Å². The molecule has 4 rings (SSSR count). The fraction of sp³-hybridized carbons (Fsp3) is 0.0588. The van der Waals surface area contributed by atoms with Crippen LogP contribution >= 0.6 is 27.5 Å². The van der Waals surface area contributed by atoms with Crippen molar-refractivity contribution >= 4 is 44.0 Å². The fourth-order valence-electron chi connectivity index (χ4n) is 2.60. The lowest BCUT2D eigenvalue weighted by atomic mass is 10.1. The van der Waals surface area contributed by atoms with Crippen LogP contribution in [-0.2, 0) is 6.42 Å². The summed E-state index contributed by atoms with van der Waals surface area (Å²) in [6.45, 7) is 0. The zero-order valence-corrected chi connectivity index (χ0v) is 13.8. The lowest BCUT2D eigenvalue weighted by Gasteiger charge is -2.05. The molecule has 3 nitrogen and oxygen atoms in total. The lowest BCUT2D eigenvalue weighted by Crippen LogP contribution is -1.96. The molecule has 0 fully saturated rings. The van der Waals surface area contributed by atoms with E-state index >= 15 is 0 Å². The van der Waals surface area contributed by atoms with Crippen molar-refractivity contribution in [3.05, 3.63) is 75.9 Å². The molecule has 0 amide bonds. The summed E-state index contributed by atoms with van der Waals surface area (Å²) in [5.41, 5.74) is 3.22. The van der Waals surface area contributed by atoms with Crippen molar-refractivity contribution < 1.29 is 0 Å². The smallest absolute Gasteiger partial charge is 0.117 e. The molecule has 0 aliphatic heterocycles. The van der Waals surface area contributed by atoms with Gasteiger partial charge in [0.1, 0.15) is 5.82 Å². The van der Waals surface area contributed by atoms with E-state index in [1.54, 1.807) is 6.20 Å². The second kappa shape index (κ2) is 5.38. The fourth-order valence-corrected chi connectivity index (χ4v) is 3.10. The van der Waals surface area contributed by atoms with Gasteiger partial charge in [0.2, 0.25) is 0 Å². The molecule has 0 atom stereocenters. The molecule has 0 radical (unpaired) electrons. The average Bonchev–Trinajstić information content (AvgIpc) is 2.89. The number of rotatable bonds is 2. The highest BCUT2D eigenvalue weighted by Crippen LogP contribution is 2.21. The van der Waals surface area contributed by atoms with Crippen LogP contribution < -0.4 is 0 Å². The van der Waals surface area contributed by atoms with Crippen LogP contribution in [0.25, 0.3) is 16.4 Å². The van der Waals surface area contributed by atoms with Gasteiger partial charge in [-0.2, -0.15) is 0 Å². The van der Waals surface area contributed by atoms with Crippen molar-refractivity contribution in [3.8, 4) is 0 Å². The molecule has 3 aromatic heterocycles. The number of imidazole rings is 1. The van der Waals surface area contributed by atoms with Gasteiger partial charge in [0.05, 0.1) is 22.3 Å². The summed E-state index contributed by atoms with van der Waals surface area (Å²) in [7, 11) is 0. The molecule has 108 valence electrons. The highest BCUT2D eigenvalue weighted by Gasteiger charge is 2.06. The number of hydrogen-bond donors (Lipinski definition) is 0. The first kappa shape index (κ1) is 13.7. The Morgan fingerprint density at radius 2 is 1.95 bits per heavy atom. The lowest BCUT2D eigenvalue weighted by molar-refractivity contribution is 0.960. The molecule has 0 aliphatic rings. The molecule has 0 N–H and O–H groups in total. The summed E-state index contributed by atoms with van der Waals surface area (Å²) in [6, 6.07) is 12.2. The second-order valence-electron chi connectivity index (χ2n) is 5.17. The topological polar surface area (TPSA) is 30.2 Å². The van der Waals surface area contributed by atoms with E-state index in [4.69, 9.17) is 11.6 Å². The molecular weight excluding hydrogens is 362 g/mol. The van der Waals surface area contributed by atoms with Gasteiger partial charge in [-0.05, 0) is 51.8 Å². The summed E-state index contributed by atoms with van der Waals surface area (Å²) < 4.78 is 3.14. The minimum Gasteiger partial charge on any atom is -0.302 e. The van der Waals surface area contributed by atoms with Crippen molar-refractivity contribution in [2.45, 2.75) is 6.42 Å². The Kier molecular flexibility index (Phi) is 3.36. The van der Waals surface area contributed by atoms with Crippen LogP contribution in [0.15, 0.2) is 59.5 Å². The number of fused-ring (bicyclic) bond motifs is 2. The molecule has 0 saturated carbocycles. The van der Waals surface area contributed by atoms with Crippen molar-refractivity contribution in [2.24, 2.45) is 0 Å². The normalized spacial score (nSPS) is 11.4. The maximum atomic E-state index is 6.03. The Labute approximate surface area is 140 Å². The summed E-state index contributed by atoms with van der Waals surface area (Å²) in [5, 5.41) is 1.70. The van der Waals surface area contributed by atoms with Gasteiger partial charge in [0.25, 0.3) is 0 Å². The van der Waals surface area contributed by atoms with Gasteiger partial charge in [-0.15, -0.1) is 0 Å². The van der Waals surface area contributed by atoms with Crippen molar-refractivity contribution in [1.29, 1.82) is 0 Å². The van der Waals surface area contributed by atoms with Gasteiger partial charge < -0.3 is 4.40 Å². The van der Waals surface area contributed by atoms with Crippen LogP contribution in [0, 0.1) is 0 Å². The quantitative estimate of drug-likeness (QED) is 0.501. The van der Waals surface area contributed by atoms with Crippen molar-refractivity contribution in [1.82, 2.24) is 14.4 Å². The van der Waals surface area contributed by atoms with E-state index < -0.39 is 0 Å². The van der Waals surface area contributed by atoms with E-state index in [1.165, 1.54) is 5.56 Å². The standard InChI is InChI=1S/C17H11BrClN3/c18-13-2-3-15-9-21-17(22(15)10-13)6-11-1-4-16-12(5-11)7-14(19)8-20-16/h1-5,7-10H,6H2. The largest absolute Gasteiger partial charge is 0.302 e. The maximum absolute atomic E-state index is 6.03. The second-order valence-corrected chi connectivity index (χ2v) is 6.53. The molecule has 0 saturated heterocycles. The minimum absolute atomic E-state index is 0.653. The van der Waals surface area contributed by atoms with Crippen LogP contribution in [0.4, 0.5) is 0 Å². The zero-order valence-electron chi connectivity index (χ0n) is 11.5. The molecular formula is C17H11BrClN3. The maximum Gasteiger partial charge on any atom is 0.117 e. The molecule has 5 heteroatoms. The number of pyridine rings is 2. The Hall–Kier alpha value is -1.91. The van der Waals surface area contributed by atoms with Crippen molar-refractivity contribution in [3.63, 3.8) is 0 Å².